The van der Waals surface area contributed by atoms with E-state index in [1.807, 2.05) is 12.1 Å². The number of pyridine rings is 2. The van der Waals surface area contributed by atoms with E-state index in [0.717, 1.165) is 27.5 Å². The average Bonchev–Trinajstić information content (AvgIpc) is 3.01. The molecule has 0 saturated carbocycles. The maximum Gasteiger partial charge on any atom is 0.401 e. The molecule has 1 aliphatic heterocycles. The summed E-state index contributed by atoms with van der Waals surface area (Å²) in [5.41, 5.74) is 2.81. The second-order valence-corrected chi connectivity index (χ2v) is 7.05. The highest BCUT2D eigenvalue weighted by atomic mass is 19.4. The van der Waals surface area contributed by atoms with E-state index in [-0.39, 0.29) is 5.92 Å². The summed E-state index contributed by atoms with van der Waals surface area (Å²) < 4.78 is 37.7. The molecule has 140 valence electrons. The molecular formula is C19H18F3N5. The molecule has 0 unspecified atom stereocenters. The first-order valence-corrected chi connectivity index (χ1v) is 8.88. The highest BCUT2D eigenvalue weighted by Crippen LogP contribution is 2.32. The summed E-state index contributed by atoms with van der Waals surface area (Å²) in [5.74, 6) is 0.232. The number of rotatable bonds is 3. The van der Waals surface area contributed by atoms with Crippen LogP contribution < -0.4 is 0 Å². The third-order valence-corrected chi connectivity index (χ3v) is 5.22. The molecule has 1 aliphatic rings. The molecule has 1 N–H and O–H groups in total. The number of H-pyrrole nitrogens is 1. The van der Waals surface area contributed by atoms with Crippen molar-refractivity contribution in [2.45, 2.75) is 25.4 Å². The van der Waals surface area contributed by atoms with Gasteiger partial charge in [0.15, 0.2) is 0 Å². The molecule has 4 rings (SSSR count). The SMILES string of the molecule is N#Cc1ncc2[nH]c3ncccc3c2c1CC1CCN(CC(F)(F)F)CC1. The minimum absolute atomic E-state index is 0.232. The van der Waals surface area contributed by atoms with E-state index in [1.165, 1.54) is 4.90 Å². The zero-order chi connectivity index (χ0) is 19.0. The van der Waals surface area contributed by atoms with Gasteiger partial charge in [-0.15, -0.1) is 0 Å². The quantitative estimate of drug-likeness (QED) is 0.758. The Morgan fingerprint density at radius 3 is 2.74 bits per heavy atom. The van der Waals surface area contributed by atoms with Gasteiger partial charge >= 0.3 is 6.18 Å². The van der Waals surface area contributed by atoms with Crippen molar-refractivity contribution >= 4 is 21.9 Å². The van der Waals surface area contributed by atoms with Crippen molar-refractivity contribution in [2.24, 2.45) is 5.92 Å². The molecule has 0 aromatic carbocycles. The van der Waals surface area contributed by atoms with Crippen molar-refractivity contribution in [2.75, 3.05) is 19.6 Å². The zero-order valence-electron chi connectivity index (χ0n) is 14.6. The van der Waals surface area contributed by atoms with E-state index in [4.69, 9.17) is 0 Å². The standard InChI is InChI=1S/C19H18F3N5/c20-19(21,22)11-27-6-3-12(4-7-27)8-14-15(9-23)25-10-16-17(14)13-2-1-5-24-18(13)26-16/h1-2,5,10,12H,3-4,6-8,11H2,(H,24,26). The Morgan fingerprint density at radius 2 is 2.04 bits per heavy atom. The van der Waals surface area contributed by atoms with Crippen LogP contribution >= 0.6 is 0 Å². The molecule has 4 heterocycles. The van der Waals surface area contributed by atoms with Crippen molar-refractivity contribution in [3.63, 3.8) is 0 Å². The fourth-order valence-corrected chi connectivity index (χ4v) is 3.98. The number of nitriles is 1. The third kappa shape index (κ3) is 3.60. The summed E-state index contributed by atoms with van der Waals surface area (Å²) in [4.78, 5) is 13.3. The lowest BCUT2D eigenvalue weighted by Gasteiger charge is -2.32. The van der Waals surface area contributed by atoms with Gasteiger partial charge in [0.25, 0.3) is 0 Å². The maximum atomic E-state index is 12.6. The summed E-state index contributed by atoms with van der Waals surface area (Å²) >= 11 is 0. The summed E-state index contributed by atoms with van der Waals surface area (Å²) in [6.45, 7) is -0.00968. The lowest BCUT2D eigenvalue weighted by Crippen LogP contribution is -2.40. The number of piperidine rings is 1. The average molecular weight is 373 g/mol. The van der Waals surface area contributed by atoms with Gasteiger partial charge in [0.1, 0.15) is 17.4 Å². The molecule has 1 saturated heterocycles. The molecule has 0 aliphatic carbocycles. The number of fused-ring (bicyclic) bond motifs is 3. The molecule has 0 radical (unpaired) electrons. The van der Waals surface area contributed by atoms with Gasteiger partial charge in [-0.3, -0.25) is 4.90 Å². The number of nitrogens with zero attached hydrogens (tertiary/aromatic N) is 4. The van der Waals surface area contributed by atoms with E-state index in [1.54, 1.807) is 12.4 Å². The van der Waals surface area contributed by atoms with Crippen LogP contribution in [0.3, 0.4) is 0 Å². The number of nitrogens with one attached hydrogen (secondary N) is 1. The molecule has 5 nitrogen and oxygen atoms in total. The molecule has 3 aromatic heterocycles. The minimum Gasteiger partial charge on any atom is -0.338 e. The normalized spacial score (nSPS) is 16.8. The first-order valence-electron chi connectivity index (χ1n) is 8.88. The zero-order valence-corrected chi connectivity index (χ0v) is 14.6. The monoisotopic (exact) mass is 373 g/mol. The van der Waals surface area contributed by atoms with Crippen LogP contribution in [0.25, 0.3) is 21.9 Å². The van der Waals surface area contributed by atoms with Crippen LogP contribution in [0.15, 0.2) is 24.5 Å². The number of aromatic amines is 1. The Kier molecular flexibility index (Phi) is 4.48. The summed E-state index contributed by atoms with van der Waals surface area (Å²) in [7, 11) is 0. The molecule has 0 bridgehead atoms. The molecule has 0 spiro atoms. The van der Waals surface area contributed by atoms with Crippen molar-refractivity contribution in [3.05, 3.63) is 35.8 Å². The van der Waals surface area contributed by atoms with Gasteiger partial charge in [-0.05, 0) is 56.0 Å². The molecule has 27 heavy (non-hydrogen) atoms. The first kappa shape index (κ1) is 17.7. The van der Waals surface area contributed by atoms with Crippen molar-refractivity contribution in [1.82, 2.24) is 19.9 Å². The second kappa shape index (κ2) is 6.82. The summed E-state index contributed by atoms with van der Waals surface area (Å²) in [6, 6.07) is 5.97. The van der Waals surface area contributed by atoms with Crippen LogP contribution in [-0.2, 0) is 6.42 Å². The summed E-state index contributed by atoms with van der Waals surface area (Å²) in [6.07, 6.45) is 1.18. The number of hydrogen-bond acceptors (Lipinski definition) is 4. The molecular weight excluding hydrogens is 355 g/mol. The highest BCUT2D eigenvalue weighted by Gasteiger charge is 2.32. The van der Waals surface area contributed by atoms with Gasteiger partial charge < -0.3 is 4.98 Å². The Morgan fingerprint density at radius 1 is 1.26 bits per heavy atom. The van der Waals surface area contributed by atoms with E-state index in [0.29, 0.717) is 38.0 Å². The fraction of sp³-hybridized carbons (Fsp3) is 0.421. The highest BCUT2D eigenvalue weighted by molar-refractivity contribution is 6.07. The van der Waals surface area contributed by atoms with Crippen LogP contribution in [0.2, 0.25) is 0 Å². The number of hydrogen-bond donors (Lipinski definition) is 1. The van der Waals surface area contributed by atoms with E-state index < -0.39 is 12.7 Å². The van der Waals surface area contributed by atoms with E-state index >= 15 is 0 Å². The van der Waals surface area contributed by atoms with Crippen LogP contribution in [0.1, 0.15) is 24.1 Å². The van der Waals surface area contributed by atoms with Crippen LogP contribution in [0.4, 0.5) is 13.2 Å². The predicted octanol–water partition coefficient (Wildman–Crippen LogP) is 3.80. The van der Waals surface area contributed by atoms with Gasteiger partial charge in [0.2, 0.25) is 0 Å². The smallest absolute Gasteiger partial charge is 0.338 e. The third-order valence-electron chi connectivity index (χ3n) is 5.22. The minimum atomic E-state index is -4.16. The van der Waals surface area contributed by atoms with Crippen LogP contribution in [0, 0.1) is 17.2 Å². The van der Waals surface area contributed by atoms with Crippen molar-refractivity contribution < 1.29 is 13.2 Å². The number of aromatic nitrogens is 3. The maximum absolute atomic E-state index is 12.6. The molecule has 3 aromatic rings. The number of likely N-dealkylation sites (tertiary alicyclic amines) is 1. The molecule has 0 atom stereocenters. The fourth-order valence-electron chi connectivity index (χ4n) is 3.98. The Balaban J connectivity index is 1.62. The van der Waals surface area contributed by atoms with Crippen LogP contribution in [0.5, 0.6) is 0 Å². The van der Waals surface area contributed by atoms with Gasteiger partial charge in [-0.25, -0.2) is 9.97 Å². The lowest BCUT2D eigenvalue weighted by molar-refractivity contribution is -0.148. The topological polar surface area (TPSA) is 68.6 Å². The van der Waals surface area contributed by atoms with Gasteiger partial charge in [-0.1, -0.05) is 0 Å². The largest absolute Gasteiger partial charge is 0.401 e. The Bertz CT molecular complexity index is 1010. The van der Waals surface area contributed by atoms with E-state index in [9.17, 15) is 18.4 Å². The number of halogens is 3. The Labute approximate surface area is 153 Å². The molecule has 0 amide bonds. The van der Waals surface area contributed by atoms with Crippen molar-refractivity contribution in [1.29, 1.82) is 5.26 Å². The first-order chi connectivity index (χ1) is 12.9. The van der Waals surface area contributed by atoms with Gasteiger partial charge in [0.05, 0.1) is 18.3 Å². The molecule has 8 heteroatoms. The van der Waals surface area contributed by atoms with E-state index in [2.05, 4.69) is 21.0 Å². The van der Waals surface area contributed by atoms with Crippen molar-refractivity contribution in [3.8, 4) is 6.07 Å². The second-order valence-electron chi connectivity index (χ2n) is 7.05. The number of alkyl halides is 3. The predicted molar refractivity (Wildman–Crippen MR) is 95.0 cm³/mol. The molecule has 1 fully saturated rings. The Hall–Kier alpha value is -2.66. The van der Waals surface area contributed by atoms with Crippen LogP contribution in [-0.4, -0.2) is 45.7 Å². The van der Waals surface area contributed by atoms with Gasteiger partial charge in [-0.2, -0.15) is 18.4 Å². The lowest BCUT2D eigenvalue weighted by atomic mass is 9.88. The summed E-state index contributed by atoms with van der Waals surface area (Å²) in [5, 5.41) is 11.4. The van der Waals surface area contributed by atoms with Gasteiger partial charge in [0, 0.05) is 17.0 Å².